The SMILES string of the molecule is COc1ccc(C(=O)Cc2c(Cl)cncc2Cl)c2c1OCC2CC(=O)O. The molecular weight excluding hydrogens is 381 g/mol. The fourth-order valence-electron chi connectivity index (χ4n) is 3.04. The normalized spacial score (nSPS) is 15.3. The van der Waals surface area contributed by atoms with Gasteiger partial charge in [-0.25, -0.2) is 0 Å². The first-order valence-electron chi connectivity index (χ1n) is 7.79. The largest absolute Gasteiger partial charge is 0.493 e. The highest BCUT2D eigenvalue weighted by Gasteiger charge is 2.33. The molecule has 1 aromatic heterocycles. The fraction of sp³-hybridized carbons (Fsp3) is 0.278. The predicted octanol–water partition coefficient (Wildman–Crippen LogP) is 3.77. The van der Waals surface area contributed by atoms with E-state index in [1.54, 1.807) is 12.1 Å². The van der Waals surface area contributed by atoms with Gasteiger partial charge in [-0.1, -0.05) is 23.2 Å². The maximum atomic E-state index is 12.9. The number of hydrogen-bond acceptors (Lipinski definition) is 5. The Labute approximate surface area is 159 Å². The van der Waals surface area contributed by atoms with Crippen LogP contribution in [0.5, 0.6) is 11.5 Å². The van der Waals surface area contributed by atoms with Gasteiger partial charge in [0, 0.05) is 41.4 Å². The molecule has 1 aromatic carbocycles. The molecule has 8 heteroatoms. The third kappa shape index (κ3) is 3.48. The Morgan fingerprint density at radius 2 is 2.00 bits per heavy atom. The zero-order valence-corrected chi connectivity index (χ0v) is 15.3. The molecule has 1 aliphatic heterocycles. The minimum atomic E-state index is -0.965. The molecule has 0 saturated heterocycles. The summed E-state index contributed by atoms with van der Waals surface area (Å²) in [7, 11) is 1.49. The third-order valence-corrected chi connectivity index (χ3v) is 4.88. The summed E-state index contributed by atoms with van der Waals surface area (Å²) in [5.41, 5.74) is 1.41. The summed E-state index contributed by atoms with van der Waals surface area (Å²) in [5, 5.41) is 9.75. The summed E-state index contributed by atoms with van der Waals surface area (Å²) in [6, 6.07) is 3.25. The number of pyridine rings is 1. The minimum absolute atomic E-state index is 0.0290. The van der Waals surface area contributed by atoms with Gasteiger partial charge in [0.2, 0.25) is 0 Å². The third-order valence-electron chi connectivity index (χ3n) is 4.23. The molecule has 1 aliphatic rings. The smallest absolute Gasteiger partial charge is 0.304 e. The average Bonchev–Trinajstić information content (AvgIpc) is 3.00. The second-order valence-corrected chi connectivity index (χ2v) is 6.66. The van der Waals surface area contributed by atoms with Gasteiger partial charge < -0.3 is 14.6 Å². The number of halogens is 2. The Hall–Kier alpha value is -2.31. The van der Waals surface area contributed by atoms with Crippen molar-refractivity contribution in [2.75, 3.05) is 13.7 Å². The van der Waals surface area contributed by atoms with Crippen LogP contribution >= 0.6 is 23.2 Å². The molecule has 2 aromatic rings. The summed E-state index contributed by atoms with van der Waals surface area (Å²) in [4.78, 5) is 28.0. The van der Waals surface area contributed by atoms with Gasteiger partial charge in [-0.3, -0.25) is 14.6 Å². The molecule has 1 unspecified atom stereocenters. The average molecular weight is 396 g/mol. The Kier molecular flexibility index (Phi) is 5.34. The lowest BCUT2D eigenvalue weighted by atomic mass is 9.89. The number of aromatic nitrogens is 1. The number of nitrogens with zero attached hydrogens (tertiary/aromatic N) is 1. The number of carbonyl (C=O) groups is 2. The highest BCUT2D eigenvalue weighted by atomic mass is 35.5. The van der Waals surface area contributed by atoms with Crippen molar-refractivity contribution >= 4 is 35.0 Å². The van der Waals surface area contributed by atoms with Crippen LogP contribution in [-0.4, -0.2) is 35.6 Å². The molecule has 1 atom stereocenters. The monoisotopic (exact) mass is 395 g/mol. The van der Waals surface area contributed by atoms with Gasteiger partial charge in [0.25, 0.3) is 0 Å². The number of benzene rings is 1. The van der Waals surface area contributed by atoms with E-state index >= 15 is 0 Å². The van der Waals surface area contributed by atoms with E-state index in [9.17, 15) is 9.59 Å². The lowest BCUT2D eigenvalue weighted by molar-refractivity contribution is -0.137. The number of ether oxygens (including phenoxy) is 2. The fourth-order valence-corrected chi connectivity index (χ4v) is 3.54. The first-order chi connectivity index (χ1) is 12.4. The van der Waals surface area contributed by atoms with E-state index in [0.717, 1.165) is 0 Å². The van der Waals surface area contributed by atoms with Crippen LogP contribution in [0.3, 0.4) is 0 Å². The van der Waals surface area contributed by atoms with Gasteiger partial charge in [-0.05, 0) is 12.1 Å². The van der Waals surface area contributed by atoms with Gasteiger partial charge in [-0.2, -0.15) is 0 Å². The van der Waals surface area contributed by atoms with Crippen LogP contribution in [0.1, 0.15) is 33.8 Å². The number of ketones is 1. The van der Waals surface area contributed by atoms with E-state index < -0.39 is 11.9 Å². The summed E-state index contributed by atoms with van der Waals surface area (Å²) >= 11 is 12.2. The molecule has 1 N–H and O–H groups in total. The Morgan fingerprint density at radius 3 is 2.62 bits per heavy atom. The Bertz CT molecular complexity index is 864. The number of carbonyl (C=O) groups excluding carboxylic acids is 1. The number of hydrogen-bond donors (Lipinski definition) is 1. The van der Waals surface area contributed by atoms with Crippen LogP contribution in [0, 0.1) is 0 Å². The molecule has 0 fully saturated rings. The van der Waals surface area contributed by atoms with Gasteiger partial charge >= 0.3 is 5.97 Å². The zero-order chi connectivity index (χ0) is 18.8. The number of carboxylic acid groups (broad SMARTS) is 1. The zero-order valence-electron chi connectivity index (χ0n) is 13.8. The van der Waals surface area contributed by atoms with Crippen molar-refractivity contribution in [3.63, 3.8) is 0 Å². The maximum Gasteiger partial charge on any atom is 0.304 e. The molecule has 0 amide bonds. The van der Waals surface area contributed by atoms with Crippen molar-refractivity contribution in [1.29, 1.82) is 0 Å². The first-order valence-corrected chi connectivity index (χ1v) is 8.54. The maximum absolute atomic E-state index is 12.9. The van der Waals surface area contributed by atoms with Gasteiger partial charge in [-0.15, -0.1) is 0 Å². The number of aliphatic carboxylic acids is 1. The molecule has 0 spiro atoms. The van der Waals surface area contributed by atoms with Crippen molar-refractivity contribution in [3.8, 4) is 11.5 Å². The van der Waals surface area contributed by atoms with Crippen LogP contribution in [0.15, 0.2) is 24.5 Å². The molecule has 0 radical (unpaired) electrons. The van der Waals surface area contributed by atoms with E-state index in [-0.39, 0.29) is 25.2 Å². The number of carboxylic acids is 1. The van der Waals surface area contributed by atoms with Crippen molar-refractivity contribution in [2.24, 2.45) is 0 Å². The lowest BCUT2D eigenvalue weighted by Gasteiger charge is -2.14. The van der Waals surface area contributed by atoms with Crippen LogP contribution in [-0.2, 0) is 11.2 Å². The highest BCUT2D eigenvalue weighted by molar-refractivity contribution is 6.36. The standard InChI is InChI=1S/C18H15Cl2NO5/c1-25-15-3-2-10(17-9(4-16(23)24)8-26-18(15)17)14(22)5-11-12(19)6-21-7-13(11)20/h2-3,6-7,9H,4-5,8H2,1H3,(H,23,24). The van der Waals surface area contributed by atoms with E-state index in [1.165, 1.54) is 19.5 Å². The van der Waals surface area contributed by atoms with Crippen molar-refractivity contribution < 1.29 is 24.2 Å². The van der Waals surface area contributed by atoms with Crippen LogP contribution in [0.25, 0.3) is 0 Å². The van der Waals surface area contributed by atoms with Crippen molar-refractivity contribution in [3.05, 3.63) is 51.3 Å². The molecular formula is C18H15Cl2NO5. The minimum Gasteiger partial charge on any atom is -0.493 e. The highest BCUT2D eigenvalue weighted by Crippen LogP contribution is 2.45. The molecule has 2 heterocycles. The molecule has 0 bridgehead atoms. The number of fused-ring (bicyclic) bond motifs is 1. The van der Waals surface area contributed by atoms with Crippen LogP contribution in [0.4, 0.5) is 0 Å². The van der Waals surface area contributed by atoms with E-state index in [1.807, 2.05) is 0 Å². The second-order valence-electron chi connectivity index (χ2n) is 5.85. The number of rotatable bonds is 6. The predicted molar refractivity (Wildman–Crippen MR) is 95.8 cm³/mol. The van der Waals surface area contributed by atoms with Gasteiger partial charge in [0.15, 0.2) is 17.3 Å². The van der Waals surface area contributed by atoms with Crippen LogP contribution < -0.4 is 9.47 Å². The van der Waals surface area contributed by atoms with E-state index in [4.69, 9.17) is 37.8 Å². The van der Waals surface area contributed by atoms with Crippen molar-refractivity contribution in [2.45, 2.75) is 18.8 Å². The van der Waals surface area contributed by atoms with Crippen molar-refractivity contribution in [1.82, 2.24) is 4.98 Å². The molecule has 26 heavy (non-hydrogen) atoms. The summed E-state index contributed by atoms with van der Waals surface area (Å²) in [6.07, 6.45) is 2.67. The van der Waals surface area contributed by atoms with Gasteiger partial charge in [0.05, 0.1) is 30.2 Å². The lowest BCUT2D eigenvalue weighted by Crippen LogP contribution is -2.12. The number of Topliss-reactive ketones (excluding diaryl/α,β-unsaturated/α-hetero) is 1. The quantitative estimate of drug-likeness (QED) is 0.749. The molecule has 0 saturated carbocycles. The summed E-state index contributed by atoms with van der Waals surface area (Å²) in [6.45, 7) is 0.180. The Balaban J connectivity index is 2.01. The molecule has 0 aliphatic carbocycles. The molecule has 3 rings (SSSR count). The molecule has 6 nitrogen and oxygen atoms in total. The van der Waals surface area contributed by atoms with E-state index in [2.05, 4.69) is 4.98 Å². The first kappa shape index (κ1) is 18.5. The second kappa shape index (κ2) is 7.51. The topological polar surface area (TPSA) is 85.7 Å². The van der Waals surface area contributed by atoms with E-state index in [0.29, 0.717) is 38.2 Å². The van der Waals surface area contributed by atoms with Crippen LogP contribution in [0.2, 0.25) is 10.0 Å². The Morgan fingerprint density at radius 1 is 1.31 bits per heavy atom. The molecule has 136 valence electrons. The van der Waals surface area contributed by atoms with Gasteiger partial charge in [0.1, 0.15) is 0 Å². The number of methoxy groups -OCH3 is 1. The summed E-state index contributed by atoms with van der Waals surface area (Å²) in [5.74, 6) is -0.756. The summed E-state index contributed by atoms with van der Waals surface area (Å²) < 4.78 is 10.9.